The van der Waals surface area contributed by atoms with Crippen LogP contribution in [0.1, 0.15) is 35.0 Å². The summed E-state index contributed by atoms with van der Waals surface area (Å²) in [6.45, 7) is 1.39. The number of hydrogen-bond acceptors (Lipinski definition) is 6. The number of piperidine rings is 1. The number of hydrogen-bond donors (Lipinski definition) is 0. The molecule has 1 aromatic heterocycles. The third-order valence-electron chi connectivity index (χ3n) is 5.30. The summed E-state index contributed by atoms with van der Waals surface area (Å²) in [5, 5.41) is 4.10. The summed E-state index contributed by atoms with van der Waals surface area (Å²) in [6.07, 6.45) is 1.46. The third kappa shape index (κ3) is 3.41. The third-order valence-corrected chi connectivity index (χ3v) is 5.30. The van der Waals surface area contributed by atoms with Crippen LogP contribution < -0.4 is 9.47 Å². The molecule has 3 heterocycles. The molecule has 0 N–H and O–H groups in total. The topological polar surface area (TPSA) is 77.7 Å². The normalized spacial score (nSPS) is 16.2. The summed E-state index contributed by atoms with van der Waals surface area (Å²) in [6, 6.07) is 11.2. The molecule has 148 valence electrons. The number of amides is 1. The van der Waals surface area contributed by atoms with Crippen LogP contribution >= 0.6 is 0 Å². The van der Waals surface area contributed by atoms with E-state index in [1.807, 2.05) is 18.2 Å². The second kappa shape index (κ2) is 7.20. The highest BCUT2D eigenvalue weighted by molar-refractivity contribution is 5.94. The van der Waals surface area contributed by atoms with Gasteiger partial charge in [0.15, 0.2) is 11.5 Å². The zero-order valence-corrected chi connectivity index (χ0v) is 15.5. The highest BCUT2D eigenvalue weighted by atomic mass is 19.1. The van der Waals surface area contributed by atoms with E-state index in [0.29, 0.717) is 41.9 Å². The number of carbonyl (C=O) groups excluding carboxylic acids is 1. The number of likely N-dealkylation sites (tertiary alicyclic amines) is 1. The minimum Gasteiger partial charge on any atom is -0.454 e. The van der Waals surface area contributed by atoms with E-state index in [9.17, 15) is 9.18 Å². The van der Waals surface area contributed by atoms with Gasteiger partial charge in [-0.05, 0) is 55.3 Å². The molecule has 29 heavy (non-hydrogen) atoms. The maximum atomic E-state index is 13.1. The fraction of sp³-hybridized carbons (Fsp3) is 0.286. The molecule has 2 aromatic carbocycles. The van der Waals surface area contributed by atoms with Crippen LogP contribution in [0, 0.1) is 5.82 Å². The minimum atomic E-state index is -0.352. The van der Waals surface area contributed by atoms with E-state index in [-0.39, 0.29) is 24.4 Å². The van der Waals surface area contributed by atoms with Crippen molar-refractivity contribution in [1.82, 2.24) is 15.0 Å². The van der Waals surface area contributed by atoms with Gasteiger partial charge in [0.05, 0.1) is 0 Å². The summed E-state index contributed by atoms with van der Waals surface area (Å²) in [5.74, 6) is 2.11. The lowest BCUT2D eigenvalue weighted by atomic mass is 9.96. The van der Waals surface area contributed by atoms with E-state index < -0.39 is 0 Å². The number of carbonyl (C=O) groups is 1. The second-order valence-electron chi connectivity index (χ2n) is 7.10. The molecule has 2 aliphatic rings. The molecule has 1 fully saturated rings. The van der Waals surface area contributed by atoms with Crippen LogP contribution in [0.3, 0.4) is 0 Å². The van der Waals surface area contributed by atoms with E-state index in [4.69, 9.17) is 14.0 Å². The molecule has 0 radical (unpaired) electrons. The van der Waals surface area contributed by atoms with E-state index in [1.54, 1.807) is 4.90 Å². The molecule has 0 aliphatic carbocycles. The number of benzene rings is 2. The van der Waals surface area contributed by atoms with Gasteiger partial charge in [0.1, 0.15) is 5.82 Å². The molecule has 3 aromatic rings. The molecule has 0 spiro atoms. The van der Waals surface area contributed by atoms with Crippen LogP contribution in [0.15, 0.2) is 47.0 Å². The lowest BCUT2D eigenvalue weighted by Crippen LogP contribution is -2.38. The van der Waals surface area contributed by atoms with Gasteiger partial charge < -0.3 is 18.9 Å². The van der Waals surface area contributed by atoms with Gasteiger partial charge in [-0.15, -0.1) is 0 Å². The first kappa shape index (κ1) is 17.7. The molecule has 0 atom stereocenters. The van der Waals surface area contributed by atoms with Gasteiger partial charge in [-0.3, -0.25) is 4.79 Å². The second-order valence-corrected chi connectivity index (χ2v) is 7.10. The highest BCUT2D eigenvalue weighted by Gasteiger charge is 2.28. The van der Waals surface area contributed by atoms with Crippen LogP contribution in [-0.4, -0.2) is 40.8 Å². The van der Waals surface area contributed by atoms with Crippen molar-refractivity contribution in [3.8, 4) is 22.9 Å². The Morgan fingerprint density at radius 3 is 2.59 bits per heavy atom. The van der Waals surface area contributed by atoms with Gasteiger partial charge in [-0.1, -0.05) is 5.16 Å². The Balaban J connectivity index is 1.25. The first-order valence-electron chi connectivity index (χ1n) is 9.46. The van der Waals surface area contributed by atoms with Gasteiger partial charge in [-0.2, -0.15) is 4.98 Å². The predicted molar refractivity (Wildman–Crippen MR) is 100 cm³/mol. The molecule has 1 amide bonds. The Morgan fingerprint density at radius 2 is 1.79 bits per heavy atom. The molecule has 1 saturated heterocycles. The van der Waals surface area contributed by atoms with Crippen LogP contribution in [0.5, 0.6) is 11.5 Å². The van der Waals surface area contributed by atoms with E-state index >= 15 is 0 Å². The SMILES string of the molecule is O=C(c1ccc(F)cc1)N1CCC(c2nc(-c3ccc4c(c3)OCO4)no2)CC1. The van der Waals surface area contributed by atoms with Crippen molar-refractivity contribution >= 4 is 5.91 Å². The highest BCUT2D eigenvalue weighted by Crippen LogP contribution is 2.36. The zero-order chi connectivity index (χ0) is 19.8. The van der Waals surface area contributed by atoms with E-state index in [1.165, 1.54) is 24.3 Å². The van der Waals surface area contributed by atoms with Gasteiger partial charge >= 0.3 is 0 Å². The van der Waals surface area contributed by atoms with Gasteiger partial charge in [0.25, 0.3) is 5.91 Å². The van der Waals surface area contributed by atoms with Gasteiger partial charge in [-0.25, -0.2) is 4.39 Å². The lowest BCUT2D eigenvalue weighted by molar-refractivity contribution is 0.0704. The summed E-state index contributed by atoms with van der Waals surface area (Å²) in [5.41, 5.74) is 1.29. The maximum Gasteiger partial charge on any atom is 0.253 e. The van der Waals surface area contributed by atoms with Crippen molar-refractivity contribution in [2.45, 2.75) is 18.8 Å². The smallest absolute Gasteiger partial charge is 0.253 e. The van der Waals surface area contributed by atoms with Crippen LogP contribution in [-0.2, 0) is 0 Å². The van der Waals surface area contributed by atoms with E-state index in [2.05, 4.69) is 10.1 Å². The number of nitrogens with zero attached hydrogens (tertiary/aromatic N) is 3. The molecule has 5 rings (SSSR count). The van der Waals surface area contributed by atoms with Crippen LogP contribution in [0.2, 0.25) is 0 Å². The van der Waals surface area contributed by atoms with Crippen molar-refractivity contribution in [3.05, 3.63) is 59.7 Å². The number of halogens is 1. The Bertz CT molecular complexity index is 1040. The van der Waals surface area contributed by atoms with Gasteiger partial charge in [0.2, 0.25) is 18.5 Å². The van der Waals surface area contributed by atoms with Crippen LogP contribution in [0.4, 0.5) is 4.39 Å². The molecule has 0 bridgehead atoms. The van der Waals surface area contributed by atoms with Crippen molar-refractivity contribution in [2.24, 2.45) is 0 Å². The quantitative estimate of drug-likeness (QED) is 0.674. The Hall–Kier alpha value is -3.42. The summed E-state index contributed by atoms with van der Waals surface area (Å²) < 4.78 is 29.3. The number of fused-ring (bicyclic) bond motifs is 1. The van der Waals surface area contributed by atoms with Crippen molar-refractivity contribution in [2.75, 3.05) is 19.9 Å². The largest absolute Gasteiger partial charge is 0.454 e. The maximum absolute atomic E-state index is 13.1. The van der Waals surface area contributed by atoms with Crippen molar-refractivity contribution in [1.29, 1.82) is 0 Å². The first-order valence-corrected chi connectivity index (χ1v) is 9.46. The van der Waals surface area contributed by atoms with E-state index in [0.717, 1.165) is 18.4 Å². The molecule has 0 saturated carbocycles. The average Bonchev–Trinajstić information content (AvgIpc) is 3.43. The molecular weight excluding hydrogens is 377 g/mol. The molecule has 7 nitrogen and oxygen atoms in total. The monoisotopic (exact) mass is 395 g/mol. The minimum absolute atomic E-state index is 0.0879. The summed E-state index contributed by atoms with van der Waals surface area (Å²) >= 11 is 0. The predicted octanol–water partition coefficient (Wildman–Crippen LogP) is 3.62. The zero-order valence-electron chi connectivity index (χ0n) is 15.5. The van der Waals surface area contributed by atoms with Crippen molar-refractivity contribution < 1.29 is 23.2 Å². The standard InChI is InChI=1S/C21H18FN3O4/c22-16-4-1-14(2-5-16)21(26)25-9-7-13(8-10-25)20-23-19(24-29-20)15-3-6-17-18(11-15)28-12-27-17/h1-6,11,13H,7-10,12H2. The fourth-order valence-electron chi connectivity index (χ4n) is 3.66. The molecular formula is C21H18FN3O4. The summed E-state index contributed by atoms with van der Waals surface area (Å²) in [7, 11) is 0. The number of rotatable bonds is 3. The number of ether oxygens (including phenoxy) is 2. The lowest BCUT2D eigenvalue weighted by Gasteiger charge is -2.30. The summed E-state index contributed by atoms with van der Waals surface area (Å²) in [4.78, 5) is 18.9. The molecule has 8 heteroatoms. The number of aromatic nitrogens is 2. The Labute approximate surface area is 166 Å². The van der Waals surface area contributed by atoms with Crippen molar-refractivity contribution in [3.63, 3.8) is 0 Å². The molecule has 2 aliphatic heterocycles. The average molecular weight is 395 g/mol. The van der Waals surface area contributed by atoms with Crippen LogP contribution in [0.25, 0.3) is 11.4 Å². The first-order chi connectivity index (χ1) is 14.2. The molecule has 0 unspecified atom stereocenters. The van der Waals surface area contributed by atoms with Gasteiger partial charge in [0, 0.05) is 30.1 Å². The Kier molecular flexibility index (Phi) is 4.38. The Morgan fingerprint density at radius 1 is 1.03 bits per heavy atom. The fourth-order valence-corrected chi connectivity index (χ4v) is 3.66.